The lowest BCUT2D eigenvalue weighted by molar-refractivity contribution is -0.113. The SMILES string of the molecule is NC1=NC(=O)C(=Cc2cccc(OCc3ccc(Cl)cc3)c2)S1. The van der Waals surface area contributed by atoms with E-state index in [9.17, 15) is 4.79 Å². The summed E-state index contributed by atoms with van der Waals surface area (Å²) in [5.74, 6) is 0.415. The number of hydrogen-bond acceptors (Lipinski definition) is 4. The van der Waals surface area contributed by atoms with Gasteiger partial charge in [-0.3, -0.25) is 4.79 Å². The van der Waals surface area contributed by atoms with Gasteiger partial charge in [0.15, 0.2) is 5.17 Å². The summed E-state index contributed by atoms with van der Waals surface area (Å²) in [6.45, 7) is 0.445. The molecular weight excluding hydrogens is 332 g/mol. The first kappa shape index (κ1) is 15.6. The van der Waals surface area contributed by atoms with Gasteiger partial charge in [-0.25, -0.2) is 0 Å². The standard InChI is InChI=1S/C17H13ClN2O2S/c18-13-6-4-11(5-7-13)10-22-14-3-1-2-12(8-14)9-15-16(21)20-17(19)23-15/h1-9H,10H2,(H2,19,20,21). The summed E-state index contributed by atoms with van der Waals surface area (Å²) in [6, 6.07) is 15.0. The van der Waals surface area contributed by atoms with Crippen LogP contribution in [0.1, 0.15) is 11.1 Å². The molecule has 4 nitrogen and oxygen atoms in total. The molecule has 0 unspecified atom stereocenters. The van der Waals surface area contributed by atoms with Crippen molar-refractivity contribution in [1.82, 2.24) is 0 Å². The molecule has 2 N–H and O–H groups in total. The molecule has 1 amide bonds. The van der Waals surface area contributed by atoms with Gasteiger partial charge in [-0.2, -0.15) is 4.99 Å². The number of halogens is 1. The Morgan fingerprint density at radius 2 is 2.00 bits per heavy atom. The van der Waals surface area contributed by atoms with Crippen LogP contribution in [0.25, 0.3) is 6.08 Å². The van der Waals surface area contributed by atoms with Gasteiger partial charge in [0.1, 0.15) is 12.4 Å². The van der Waals surface area contributed by atoms with Gasteiger partial charge in [-0.1, -0.05) is 35.9 Å². The molecule has 116 valence electrons. The predicted octanol–water partition coefficient (Wildman–Crippen LogP) is 3.85. The van der Waals surface area contributed by atoms with Crippen molar-refractivity contribution in [2.24, 2.45) is 10.7 Å². The van der Waals surface area contributed by atoms with E-state index in [0.717, 1.165) is 16.9 Å². The number of rotatable bonds is 4. The smallest absolute Gasteiger partial charge is 0.286 e. The number of ether oxygens (including phenoxy) is 1. The quantitative estimate of drug-likeness (QED) is 0.856. The molecule has 0 aliphatic carbocycles. The summed E-state index contributed by atoms with van der Waals surface area (Å²) in [7, 11) is 0. The topological polar surface area (TPSA) is 64.7 Å². The van der Waals surface area contributed by atoms with Crippen molar-refractivity contribution < 1.29 is 9.53 Å². The number of amidine groups is 1. The Kier molecular flexibility index (Phi) is 4.69. The third-order valence-electron chi connectivity index (χ3n) is 3.11. The molecule has 1 heterocycles. The van der Waals surface area contributed by atoms with Gasteiger partial charge in [-0.05, 0) is 53.2 Å². The summed E-state index contributed by atoms with van der Waals surface area (Å²) in [5, 5.41) is 0.971. The highest BCUT2D eigenvalue weighted by Crippen LogP contribution is 2.27. The molecule has 0 aromatic heterocycles. The van der Waals surface area contributed by atoms with Gasteiger partial charge in [0.25, 0.3) is 5.91 Å². The molecule has 0 fully saturated rings. The zero-order valence-electron chi connectivity index (χ0n) is 12.0. The van der Waals surface area contributed by atoms with E-state index in [0.29, 0.717) is 16.5 Å². The Balaban J connectivity index is 1.69. The lowest BCUT2D eigenvalue weighted by Gasteiger charge is -2.07. The van der Waals surface area contributed by atoms with Crippen LogP contribution in [0.4, 0.5) is 0 Å². The van der Waals surface area contributed by atoms with Gasteiger partial charge in [-0.15, -0.1) is 0 Å². The first-order chi connectivity index (χ1) is 11.1. The summed E-state index contributed by atoms with van der Waals surface area (Å²) in [5.41, 5.74) is 7.43. The second-order valence-electron chi connectivity index (χ2n) is 4.85. The lowest BCUT2D eigenvalue weighted by atomic mass is 10.2. The van der Waals surface area contributed by atoms with Crippen LogP contribution >= 0.6 is 23.4 Å². The Morgan fingerprint density at radius 1 is 1.22 bits per heavy atom. The average molecular weight is 345 g/mol. The van der Waals surface area contributed by atoms with Crippen LogP contribution in [0.2, 0.25) is 5.02 Å². The maximum Gasteiger partial charge on any atom is 0.286 e. The van der Waals surface area contributed by atoms with Crippen molar-refractivity contribution in [2.45, 2.75) is 6.61 Å². The summed E-state index contributed by atoms with van der Waals surface area (Å²) < 4.78 is 5.77. The van der Waals surface area contributed by atoms with Crippen molar-refractivity contribution in [1.29, 1.82) is 0 Å². The second kappa shape index (κ2) is 6.89. The second-order valence-corrected chi connectivity index (χ2v) is 6.35. The number of thioether (sulfide) groups is 1. The van der Waals surface area contributed by atoms with E-state index < -0.39 is 0 Å². The third kappa shape index (κ3) is 4.15. The Bertz CT molecular complexity index is 800. The minimum absolute atomic E-state index is 0.274. The number of carbonyl (C=O) groups is 1. The molecular formula is C17H13ClN2O2S. The van der Waals surface area contributed by atoms with Gasteiger partial charge in [0.05, 0.1) is 4.91 Å². The molecule has 0 radical (unpaired) electrons. The number of hydrogen-bond donors (Lipinski definition) is 1. The van der Waals surface area contributed by atoms with E-state index in [-0.39, 0.29) is 11.1 Å². The van der Waals surface area contributed by atoms with Gasteiger partial charge in [0.2, 0.25) is 0 Å². The predicted molar refractivity (Wildman–Crippen MR) is 94.4 cm³/mol. The summed E-state index contributed by atoms with van der Waals surface area (Å²) in [4.78, 5) is 15.8. The lowest BCUT2D eigenvalue weighted by Crippen LogP contribution is -2.01. The molecule has 0 bridgehead atoms. The monoisotopic (exact) mass is 344 g/mol. The highest BCUT2D eigenvalue weighted by molar-refractivity contribution is 8.18. The van der Waals surface area contributed by atoms with Crippen molar-refractivity contribution in [3.63, 3.8) is 0 Å². The van der Waals surface area contributed by atoms with Gasteiger partial charge >= 0.3 is 0 Å². The molecule has 1 aliphatic rings. The minimum Gasteiger partial charge on any atom is -0.489 e. The molecule has 0 spiro atoms. The van der Waals surface area contributed by atoms with Crippen molar-refractivity contribution in [2.75, 3.05) is 0 Å². The fraction of sp³-hybridized carbons (Fsp3) is 0.0588. The minimum atomic E-state index is -0.306. The van der Waals surface area contributed by atoms with Crippen LogP contribution in [-0.2, 0) is 11.4 Å². The maximum atomic E-state index is 11.6. The average Bonchev–Trinajstić information content (AvgIpc) is 2.85. The van der Waals surface area contributed by atoms with E-state index in [1.54, 1.807) is 6.08 Å². The summed E-state index contributed by atoms with van der Waals surface area (Å²) >= 11 is 7.03. The fourth-order valence-electron chi connectivity index (χ4n) is 2.02. The van der Waals surface area contributed by atoms with Crippen LogP contribution in [0.5, 0.6) is 5.75 Å². The van der Waals surface area contributed by atoms with Gasteiger partial charge < -0.3 is 10.5 Å². The maximum absolute atomic E-state index is 11.6. The molecule has 23 heavy (non-hydrogen) atoms. The Labute approximate surface area is 143 Å². The van der Waals surface area contributed by atoms with Crippen molar-refractivity contribution in [3.05, 3.63) is 69.6 Å². The Morgan fingerprint density at radius 3 is 2.70 bits per heavy atom. The van der Waals surface area contributed by atoms with Crippen molar-refractivity contribution >= 4 is 40.5 Å². The van der Waals surface area contributed by atoms with Crippen LogP contribution in [-0.4, -0.2) is 11.1 Å². The number of aliphatic imine (C=N–C) groups is 1. The Hall–Kier alpha value is -2.24. The molecule has 2 aromatic rings. The number of nitrogens with zero attached hydrogens (tertiary/aromatic N) is 1. The van der Waals surface area contributed by atoms with Crippen LogP contribution in [0.3, 0.4) is 0 Å². The number of amides is 1. The molecule has 0 atom stereocenters. The van der Waals surface area contributed by atoms with E-state index >= 15 is 0 Å². The van der Waals surface area contributed by atoms with Gasteiger partial charge in [0, 0.05) is 5.02 Å². The van der Waals surface area contributed by atoms with E-state index in [4.69, 9.17) is 22.1 Å². The normalized spacial score (nSPS) is 15.8. The molecule has 3 rings (SSSR count). The summed E-state index contributed by atoms with van der Waals surface area (Å²) in [6.07, 6.45) is 1.76. The van der Waals surface area contributed by atoms with Crippen LogP contribution < -0.4 is 10.5 Å². The number of benzene rings is 2. The van der Waals surface area contributed by atoms with Crippen LogP contribution in [0.15, 0.2) is 58.4 Å². The molecule has 0 saturated heterocycles. The number of nitrogens with two attached hydrogens (primary N) is 1. The van der Waals surface area contributed by atoms with Crippen LogP contribution in [0, 0.1) is 0 Å². The zero-order chi connectivity index (χ0) is 16.2. The van der Waals surface area contributed by atoms with E-state index in [2.05, 4.69) is 4.99 Å². The molecule has 0 saturated carbocycles. The van der Waals surface area contributed by atoms with E-state index in [1.807, 2.05) is 48.5 Å². The van der Waals surface area contributed by atoms with E-state index in [1.165, 1.54) is 11.8 Å². The zero-order valence-corrected chi connectivity index (χ0v) is 13.6. The molecule has 1 aliphatic heterocycles. The number of carbonyl (C=O) groups excluding carboxylic acids is 1. The first-order valence-electron chi connectivity index (χ1n) is 6.85. The molecule has 2 aromatic carbocycles. The first-order valence-corrected chi connectivity index (χ1v) is 8.05. The molecule has 6 heteroatoms. The van der Waals surface area contributed by atoms with Crippen molar-refractivity contribution in [3.8, 4) is 5.75 Å². The highest BCUT2D eigenvalue weighted by Gasteiger charge is 2.19. The fourth-order valence-corrected chi connectivity index (χ4v) is 2.83. The highest BCUT2D eigenvalue weighted by atomic mass is 35.5. The third-order valence-corrected chi connectivity index (χ3v) is 4.18. The largest absolute Gasteiger partial charge is 0.489 e.